The van der Waals surface area contributed by atoms with Gasteiger partial charge < -0.3 is 11.1 Å². The van der Waals surface area contributed by atoms with E-state index in [1.54, 1.807) is 11.3 Å². The fourth-order valence-corrected chi connectivity index (χ4v) is 3.99. The van der Waals surface area contributed by atoms with E-state index in [2.05, 4.69) is 28.2 Å². The van der Waals surface area contributed by atoms with Crippen molar-refractivity contribution in [2.45, 2.75) is 19.8 Å². The Bertz CT molecular complexity index is 663. The highest BCUT2D eigenvalue weighted by molar-refractivity contribution is 7.18. The minimum Gasteiger partial charge on any atom is -0.355 e. The first-order valence-corrected chi connectivity index (χ1v) is 8.93. The summed E-state index contributed by atoms with van der Waals surface area (Å²) < 4.78 is 1.20. The fraction of sp³-hybridized carbons (Fsp3) is 0.529. The number of hydrogen-bond acceptors (Lipinski definition) is 5. The maximum atomic E-state index is 12.1. The van der Waals surface area contributed by atoms with Crippen LogP contribution in [-0.4, -0.2) is 48.5 Å². The molecule has 1 aliphatic heterocycles. The second kappa shape index (κ2) is 9.69. The van der Waals surface area contributed by atoms with Gasteiger partial charge in [-0.2, -0.15) is 0 Å². The third-order valence-electron chi connectivity index (χ3n) is 4.50. The molecule has 0 spiro atoms. The van der Waals surface area contributed by atoms with Gasteiger partial charge in [0, 0.05) is 19.5 Å². The normalized spacial score (nSPS) is 20.1. The number of carbonyl (C=O) groups is 1. The molecule has 5 nitrogen and oxygen atoms in total. The Kier molecular flexibility index (Phi) is 8.57. The van der Waals surface area contributed by atoms with E-state index in [-0.39, 0.29) is 36.1 Å². The van der Waals surface area contributed by atoms with Crippen LogP contribution in [0.3, 0.4) is 0 Å². The molecule has 1 fully saturated rings. The summed E-state index contributed by atoms with van der Waals surface area (Å²) in [6, 6.07) is 8.13. The number of rotatable bonds is 6. The molecule has 2 aromatic rings. The lowest BCUT2D eigenvalue weighted by Crippen LogP contribution is -2.38. The van der Waals surface area contributed by atoms with Gasteiger partial charge in [-0.3, -0.25) is 9.69 Å². The molecule has 0 radical (unpaired) electrons. The van der Waals surface area contributed by atoms with Gasteiger partial charge in [-0.25, -0.2) is 4.98 Å². The third kappa shape index (κ3) is 5.79. The lowest BCUT2D eigenvalue weighted by atomic mass is 9.90. The Morgan fingerprint density at radius 3 is 2.84 bits per heavy atom. The van der Waals surface area contributed by atoms with Gasteiger partial charge in [0.25, 0.3) is 0 Å². The summed E-state index contributed by atoms with van der Waals surface area (Å²) in [7, 11) is 0. The number of carbonyl (C=O) groups excluding carboxylic acids is 1. The summed E-state index contributed by atoms with van der Waals surface area (Å²) in [5.41, 5.74) is 7.01. The lowest BCUT2D eigenvalue weighted by molar-refractivity contribution is -0.122. The van der Waals surface area contributed by atoms with E-state index in [1.807, 2.05) is 18.2 Å². The van der Waals surface area contributed by atoms with Crippen LogP contribution in [-0.2, 0) is 11.2 Å². The molecule has 8 heteroatoms. The highest BCUT2D eigenvalue weighted by atomic mass is 35.5. The van der Waals surface area contributed by atoms with Crippen molar-refractivity contribution in [2.75, 3.05) is 32.7 Å². The number of benzene rings is 1. The Morgan fingerprint density at radius 1 is 1.40 bits per heavy atom. The number of likely N-dealkylation sites (tertiary alicyclic amines) is 1. The predicted octanol–water partition coefficient (Wildman–Crippen LogP) is 2.47. The number of amides is 1. The van der Waals surface area contributed by atoms with Crippen molar-refractivity contribution in [1.29, 1.82) is 0 Å². The SMILES string of the molecule is CC1(CN)CCN(CC(=O)NCCc2nc3ccccc3s2)C1.Cl.Cl. The molecule has 0 bridgehead atoms. The molecule has 0 aliphatic carbocycles. The molecule has 2 heterocycles. The van der Waals surface area contributed by atoms with E-state index in [9.17, 15) is 4.79 Å². The highest BCUT2D eigenvalue weighted by Gasteiger charge is 2.32. The van der Waals surface area contributed by atoms with Crippen LogP contribution in [0.15, 0.2) is 24.3 Å². The summed E-state index contributed by atoms with van der Waals surface area (Å²) in [4.78, 5) is 18.8. The van der Waals surface area contributed by atoms with E-state index in [0.717, 1.165) is 36.5 Å². The standard InChI is InChI=1S/C17H24N4OS.2ClH/c1-17(11-18)7-9-21(12-17)10-15(22)19-8-6-16-20-13-4-2-3-5-14(13)23-16;;/h2-5H,6-12,18H2,1H3,(H,19,22);2*1H. The number of nitrogens with two attached hydrogens (primary N) is 1. The second-order valence-electron chi connectivity index (χ2n) is 6.65. The lowest BCUT2D eigenvalue weighted by Gasteiger charge is -2.22. The molecule has 1 aromatic carbocycles. The maximum Gasteiger partial charge on any atom is 0.234 e. The van der Waals surface area contributed by atoms with Crippen molar-refractivity contribution < 1.29 is 4.79 Å². The van der Waals surface area contributed by atoms with E-state index in [4.69, 9.17) is 5.73 Å². The molecule has 3 rings (SSSR count). The molecule has 1 saturated heterocycles. The topological polar surface area (TPSA) is 71.2 Å². The van der Waals surface area contributed by atoms with E-state index >= 15 is 0 Å². The first-order valence-electron chi connectivity index (χ1n) is 8.12. The molecule has 25 heavy (non-hydrogen) atoms. The summed E-state index contributed by atoms with van der Waals surface area (Å²) in [5, 5.41) is 4.08. The Hall–Kier alpha value is -0.920. The van der Waals surface area contributed by atoms with Gasteiger partial charge in [-0.15, -0.1) is 36.2 Å². The van der Waals surface area contributed by atoms with Crippen LogP contribution in [0.4, 0.5) is 0 Å². The van der Waals surface area contributed by atoms with Crippen molar-refractivity contribution in [3.8, 4) is 0 Å². The summed E-state index contributed by atoms with van der Waals surface area (Å²) in [6.07, 6.45) is 1.86. The number of fused-ring (bicyclic) bond motifs is 1. The van der Waals surface area contributed by atoms with Gasteiger partial charge in [0.2, 0.25) is 5.91 Å². The number of thiazole rings is 1. The van der Waals surface area contributed by atoms with E-state index in [0.29, 0.717) is 19.6 Å². The maximum absolute atomic E-state index is 12.1. The average molecular weight is 405 g/mol. The minimum absolute atomic E-state index is 0. The molecule has 1 atom stereocenters. The van der Waals surface area contributed by atoms with Gasteiger partial charge in [0.1, 0.15) is 0 Å². The highest BCUT2D eigenvalue weighted by Crippen LogP contribution is 2.28. The zero-order chi connectivity index (χ0) is 16.3. The van der Waals surface area contributed by atoms with Crippen molar-refractivity contribution >= 4 is 52.3 Å². The Labute approximate surface area is 165 Å². The zero-order valence-electron chi connectivity index (χ0n) is 14.4. The van der Waals surface area contributed by atoms with Crippen LogP contribution in [0, 0.1) is 5.41 Å². The van der Waals surface area contributed by atoms with Crippen molar-refractivity contribution in [3.05, 3.63) is 29.3 Å². The number of nitrogens with zero attached hydrogens (tertiary/aromatic N) is 2. The minimum atomic E-state index is 0. The molecule has 1 aromatic heterocycles. The molecule has 0 saturated carbocycles. The van der Waals surface area contributed by atoms with E-state index in [1.165, 1.54) is 4.70 Å². The first-order chi connectivity index (χ1) is 11.1. The molecule has 1 aliphatic rings. The summed E-state index contributed by atoms with van der Waals surface area (Å²) in [6.45, 7) is 5.85. The third-order valence-corrected chi connectivity index (χ3v) is 5.59. The van der Waals surface area contributed by atoms with Crippen molar-refractivity contribution in [2.24, 2.45) is 11.1 Å². The van der Waals surface area contributed by atoms with Crippen LogP contribution in [0.5, 0.6) is 0 Å². The largest absolute Gasteiger partial charge is 0.355 e. The Balaban J connectivity index is 0.00000156. The number of para-hydroxylation sites is 1. The van der Waals surface area contributed by atoms with Gasteiger partial charge in [0.15, 0.2) is 0 Å². The predicted molar refractivity (Wildman–Crippen MR) is 109 cm³/mol. The quantitative estimate of drug-likeness (QED) is 0.775. The number of nitrogens with one attached hydrogen (secondary N) is 1. The molecule has 140 valence electrons. The number of halogens is 2. The molecular formula is C17H26Cl2N4OS. The average Bonchev–Trinajstić information content (AvgIpc) is 3.11. The molecule has 1 amide bonds. The summed E-state index contributed by atoms with van der Waals surface area (Å²) in [5.74, 6) is 0.0902. The van der Waals surface area contributed by atoms with Crippen molar-refractivity contribution in [3.63, 3.8) is 0 Å². The zero-order valence-corrected chi connectivity index (χ0v) is 16.8. The number of aromatic nitrogens is 1. The first kappa shape index (κ1) is 22.1. The monoisotopic (exact) mass is 404 g/mol. The van der Waals surface area contributed by atoms with Gasteiger partial charge in [-0.05, 0) is 37.1 Å². The molecule has 3 N–H and O–H groups in total. The van der Waals surface area contributed by atoms with Crippen LogP contribution in [0.2, 0.25) is 0 Å². The van der Waals surface area contributed by atoms with Gasteiger partial charge in [-0.1, -0.05) is 19.1 Å². The van der Waals surface area contributed by atoms with Crippen LogP contribution >= 0.6 is 36.2 Å². The fourth-order valence-electron chi connectivity index (χ4n) is 3.02. The Morgan fingerprint density at radius 2 is 2.16 bits per heavy atom. The van der Waals surface area contributed by atoms with Crippen LogP contribution in [0.1, 0.15) is 18.4 Å². The van der Waals surface area contributed by atoms with Gasteiger partial charge >= 0.3 is 0 Å². The second-order valence-corrected chi connectivity index (χ2v) is 7.77. The number of hydrogen-bond donors (Lipinski definition) is 2. The summed E-state index contributed by atoms with van der Waals surface area (Å²) >= 11 is 1.70. The molecular weight excluding hydrogens is 379 g/mol. The van der Waals surface area contributed by atoms with Gasteiger partial charge in [0.05, 0.1) is 21.8 Å². The van der Waals surface area contributed by atoms with Crippen LogP contribution < -0.4 is 11.1 Å². The smallest absolute Gasteiger partial charge is 0.234 e. The molecule has 1 unspecified atom stereocenters. The van der Waals surface area contributed by atoms with E-state index < -0.39 is 0 Å². The van der Waals surface area contributed by atoms with Crippen LogP contribution in [0.25, 0.3) is 10.2 Å². The van der Waals surface area contributed by atoms with Crippen molar-refractivity contribution in [1.82, 2.24) is 15.2 Å².